The number of hydrogen-bond acceptors (Lipinski definition) is 3. The van der Waals surface area contributed by atoms with Gasteiger partial charge in [-0.05, 0) is 35.9 Å². The molecule has 1 aliphatic heterocycles. The van der Waals surface area contributed by atoms with Crippen molar-refractivity contribution in [3.8, 4) is 22.6 Å². The summed E-state index contributed by atoms with van der Waals surface area (Å²) in [4.78, 5) is 0. The molecular formula is C25H39N3O3+2. The van der Waals surface area contributed by atoms with E-state index in [4.69, 9.17) is 9.47 Å². The maximum atomic E-state index is 12.8. The Bertz CT molecular complexity index is 885. The zero-order valence-electron chi connectivity index (χ0n) is 20.0. The van der Waals surface area contributed by atoms with Gasteiger partial charge >= 0.3 is 0 Å². The van der Waals surface area contributed by atoms with E-state index >= 15 is 0 Å². The molecule has 1 aliphatic rings. The van der Waals surface area contributed by atoms with Crippen LogP contribution in [0.4, 0.5) is 5.69 Å². The van der Waals surface area contributed by atoms with E-state index in [1.54, 1.807) is 0 Å². The Kier molecular flexibility index (Phi) is 7.27. The van der Waals surface area contributed by atoms with E-state index in [1.165, 1.54) is 0 Å². The molecule has 1 atom stereocenters. The van der Waals surface area contributed by atoms with Gasteiger partial charge in [0.1, 0.15) is 23.7 Å². The highest BCUT2D eigenvalue weighted by molar-refractivity contribution is 5.78. The van der Waals surface area contributed by atoms with Gasteiger partial charge in [0, 0.05) is 30.0 Å². The molecule has 1 heterocycles. The van der Waals surface area contributed by atoms with Crippen LogP contribution in [-0.4, -0.2) is 77.6 Å². The Morgan fingerprint density at radius 2 is 1.29 bits per heavy atom. The van der Waals surface area contributed by atoms with Gasteiger partial charge in [-0.3, -0.25) is 0 Å². The van der Waals surface area contributed by atoms with Crippen molar-refractivity contribution in [3.63, 3.8) is 0 Å². The summed E-state index contributed by atoms with van der Waals surface area (Å²) in [7, 11) is 13.1. The number of rotatable bonds is 10. The second-order valence-corrected chi connectivity index (χ2v) is 10.6. The van der Waals surface area contributed by atoms with Crippen LogP contribution in [0, 0.1) is 5.21 Å². The third-order valence-corrected chi connectivity index (χ3v) is 5.49. The Morgan fingerprint density at radius 1 is 0.774 bits per heavy atom. The average molecular weight is 430 g/mol. The maximum absolute atomic E-state index is 12.8. The number of fused-ring (bicyclic) bond motifs is 3. The highest BCUT2D eigenvalue weighted by atomic mass is 16.5. The number of hydroxylamine groups is 1. The molecule has 0 bridgehead atoms. The van der Waals surface area contributed by atoms with Gasteiger partial charge < -0.3 is 28.7 Å². The van der Waals surface area contributed by atoms with E-state index in [0.717, 1.165) is 68.8 Å². The molecule has 0 saturated heterocycles. The minimum Gasteiger partial charge on any atom is -0.629 e. The van der Waals surface area contributed by atoms with Gasteiger partial charge in [-0.2, -0.15) is 0 Å². The first-order valence-electron chi connectivity index (χ1n) is 11.2. The summed E-state index contributed by atoms with van der Waals surface area (Å²) in [6.07, 6.45) is 1.98. The number of hydrogen-bond donors (Lipinski definition) is 1. The van der Waals surface area contributed by atoms with Crippen molar-refractivity contribution >= 4 is 5.69 Å². The summed E-state index contributed by atoms with van der Waals surface area (Å²) in [5.74, 6) is 1.61. The van der Waals surface area contributed by atoms with Crippen LogP contribution in [0.3, 0.4) is 0 Å². The molecule has 0 saturated carbocycles. The van der Waals surface area contributed by atoms with E-state index in [1.807, 2.05) is 30.3 Å². The number of ether oxygens (including phenoxy) is 2. The van der Waals surface area contributed by atoms with Crippen molar-refractivity contribution in [1.82, 2.24) is 0 Å². The van der Waals surface area contributed by atoms with Gasteiger partial charge in [-0.25, -0.2) is 0 Å². The number of nitrogens with one attached hydrogen (secondary N) is 1. The minimum absolute atomic E-state index is 0.140. The molecule has 170 valence electrons. The van der Waals surface area contributed by atoms with Crippen LogP contribution in [0.15, 0.2) is 36.4 Å². The highest BCUT2D eigenvalue weighted by Crippen LogP contribution is 2.36. The molecule has 1 N–H and O–H groups in total. The van der Waals surface area contributed by atoms with Crippen LogP contribution in [0.5, 0.6) is 11.5 Å². The van der Waals surface area contributed by atoms with E-state index in [0.29, 0.717) is 19.8 Å². The Hall–Kier alpha value is -2.12. The van der Waals surface area contributed by atoms with Crippen LogP contribution in [-0.2, 0) is 6.54 Å². The fourth-order valence-electron chi connectivity index (χ4n) is 3.87. The van der Waals surface area contributed by atoms with E-state index in [9.17, 15) is 5.21 Å². The largest absolute Gasteiger partial charge is 0.629 e. The van der Waals surface area contributed by atoms with Gasteiger partial charge in [0.2, 0.25) is 0 Å². The standard InChI is InChI=1S/C25H39N3O3/c1-27(2,3)13-7-15-30-21-9-11-23-20(17-21)19-26(29)25-18-22(10-12-24(23)25)31-16-8-14-28(4,5)6/h9-12,17-18,26H,7-8,13-16,19H2,1-6H3/q+2. The predicted octanol–water partition coefficient (Wildman–Crippen LogP) is 2.83. The summed E-state index contributed by atoms with van der Waals surface area (Å²) in [5.41, 5.74) is 3.90. The molecule has 6 heteroatoms. The van der Waals surface area contributed by atoms with Gasteiger partial charge in [-0.15, -0.1) is 0 Å². The quantitative estimate of drug-likeness (QED) is 0.359. The lowest BCUT2D eigenvalue weighted by Gasteiger charge is -2.30. The summed E-state index contributed by atoms with van der Waals surface area (Å²) in [6.45, 7) is 3.87. The van der Waals surface area contributed by atoms with Crippen molar-refractivity contribution in [2.45, 2.75) is 19.4 Å². The molecule has 0 radical (unpaired) electrons. The molecule has 0 amide bonds. The van der Waals surface area contributed by atoms with Crippen LogP contribution in [0.25, 0.3) is 11.1 Å². The molecule has 2 aromatic rings. The zero-order chi connectivity index (χ0) is 22.6. The van der Waals surface area contributed by atoms with Crippen molar-refractivity contribution in [2.24, 2.45) is 0 Å². The topological polar surface area (TPSA) is 46.0 Å². The molecular weight excluding hydrogens is 390 g/mol. The monoisotopic (exact) mass is 429 g/mol. The molecule has 0 aliphatic carbocycles. The Labute approximate surface area is 187 Å². The molecule has 2 aromatic carbocycles. The second-order valence-electron chi connectivity index (χ2n) is 10.6. The molecule has 1 unspecified atom stereocenters. The Morgan fingerprint density at radius 3 is 1.84 bits per heavy atom. The fraction of sp³-hybridized carbons (Fsp3) is 0.520. The average Bonchev–Trinajstić information content (AvgIpc) is 2.67. The zero-order valence-corrected chi connectivity index (χ0v) is 20.0. The van der Waals surface area contributed by atoms with Crippen LogP contribution in [0.2, 0.25) is 0 Å². The lowest BCUT2D eigenvalue weighted by molar-refractivity contribution is -0.870. The van der Waals surface area contributed by atoms with Crippen LogP contribution < -0.4 is 14.5 Å². The molecule has 6 nitrogen and oxygen atoms in total. The second kappa shape index (κ2) is 9.57. The molecule has 0 spiro atoms. The van der Waals surface area contributed by atoms with Crippen LogP contribution >= 0.6 is 0 Å². The number of nitrogens with zero attached hydrogens (tertiary/aromatic N) is 2. The molecule has 31 heavy (non-hydrogen) atoms. The Balaban J connectivity index is 1.65. The first-order chi connectivity index (χ1) is 14.5. The third kappa shape index (κ3) is 6.94. The fourth-order valence-corrected chi connectivity index (χ4v) is 3.87. The van der Waals surface area contributed by atoms with E-state index in [2.05, 4.69) is 48.4 Å². The number of benzene rings is 2. The third-order valence-electron chi connectivity index (χ3n) is 5.49. The first kappa shape index (κ1) is 23.5. The minimum atomic E-state index is 0.140. The van der Waals surface area contributed by atoms with Gasteiger partial charge in [0.15, 0.2) is 0 Å². The lowest BCUT2D eigenvalue weighted by atomic mass is 9.94. The van der Waals surface area contributed by atoms with Gasteiger partial charge in [0.25, 0.3) is 0 Å². The van der Waals surface area contributed by atoms with Crippen molar-refractivity contribution < 1.29 is 23.5 Å². The molecule has 0 aromatic heterocycles. The molecule has 0 fully saturated rings. The number of quaternary nitrogens is 3. The predicted molar refractivity (Wildman–Crippen MR) is 126 cm³/mol. The van der Waals surface area contributed by atoms with E-state index < -0.39 is 0 Å². The van der Waals surface area contributed by atoms with Crippen molar-refractivity contribution in [1.29, 1.82) is 0 Å². The summed E-state index contributed by atoms with van der Waals surface area (Å²) < 4.78 is 13.7. The van der Waals surface area contributed by atoms with E-state index in [-0.39, 0.29) is 5.06 Å². The van der Waals surface area contributed by atoms with Gasteiger partial charge in [-0.1, -0.05) is 0 Å². The first-order valence-corrected chi connectivity index (χ1v) is 11.2. The lowest BCUT2D eigenvalue weighted by Crippen LogP contribution is -3.01. The summed E-state index contributed by atoms with van der Waals surface area (Å²) in [6, 6.07) is 12.0. The summed E-state index contributed by atoms with van der Waals surface area (Å²) in [5, 5.41) is 13.0. The molecule has 3 rings (SSSR count). The summed E-state index contributed by atoms with van der Waals surface area (Å²) >= 11 is 0. The van der Waals surface area contributed by atoms with Crippen molar-refractivity contribution in [3.05, 3.63) is 47.2 Å². The maximum Gasteiger partial charge on any atom is 0.143 e. The van der Waals surface area contributed by atoms with Crippen molar-refractivity contribution in [2.75, 3.05) is 68.6 Å². The van der Waals surface area contributed by atoms with Crippen LogP contribution in [0.1, 0.15) is 18.4 Å². The smallest absolute Gasteiger partial charge is 0.143 e. The SMILES string of the molecule is C[N+](C)(C)CCCOc1ccc2c(c1)C[NH+]([O-])c1cc(OCCC[N+](C)(C)C)ccc1-2. The highest BCUT2D eigenvalue weighted by Gasteiger charge is 2.23. The van der Waals surface area contributed by atoms with Gasteiger partial charge in [0.05, 0.1) is 68.6 Å². The normalized spacial score (nSPS) is 15.9.